The van der Waals surface area contributed by atoms with Crippen molar-refractivity contribution in [2.75, 3.05) is 24.5 Å². The molecule has 1 amide bonds. The maximum atomic E-state index is 12.1. The summed E-state index contributed by atoms with van der Waals surface area (Å²) in [7, 11) is 0. The lowest BCUT2D eigenvalue weighted by atomic mass is 10.1. The van der Waals surface area contributed by atoms with Crippen LogP contribution in [0.15, 0.2) is 40.1 Å². The molecule has 4 rings (SSSR count). The van der Waals surface area contributed by atoms with Gasteiger partial charge in [0.1, 0.15) is 18.4 Å². The molecule has 0 radical (unpaired) electrons. The summed E-state index contributed by atoms with van der Waals surface area (Å²) in [5, 5.41) is 8.12. The van der Waals surface area contributed by atoms with E-state index in [1.165, 1.54) is 31.4 Å². The Hall–Kier alpha value is -3.23. The van der Waals surface area contributed by atoms with E-state index in [2.05, 4.69) is 25.3 Å². The highest BCUT2D eigenvalue weighted by Gasteiger charge is 2.17. The molecule has 1 aliphatic heterocycles. The zero-order chi connectivity index (χ0) is 18.6. The first-order chi connectivity index (χ1) is 13.2. The third-order valence-corrected chi connectivity index (χ3v) is 4.64. The minimum Gasteiger partial charge on any atom is -0.430 e. The van der Waals surface area contributed by atoms with Crippen LogP contribution in [0, 0.1) is 0 Å². The van der Waals surface area contributed by atoms with Crippen LogP contribution in [0.3, 0.4) is 0 Å². The van der Waals surface area contributed by atoms with Crippen LogP contribution < -0.4 is 15.8 Å². The number of piperidine rings is 1. The molecule has 3 aromatic rings. The van der Waals surface area contributed by atoms with Crippen LogP contribution >= 0.6 is 0 Å². The molecule has 27 heavy (non-hydrogen) atoms. The molecule has 1 aliphatic rings. The van der Waals surface area contributed by atoms with Crippen LogP contribution in [0.2, 0.25) is 0 Å². The second-order valence-corrected chi connectivity index (χ2v) is 6.45. The molecule has 140 valence electrons. The number of nitrogens with one attached hydrogen (secondary N) is 1. The Kier molecular flexibility index (Phi) is 4.82. The molecule has 0 aliphatic carbocycles. The van der Waals surface area contributed by atoms with Crippen LogP contribution in [-0.4, -0.2) is 45.3 Å². The first kappa shape index (κ1) is 17.2. The summed E-state index contributed by atoms with van der Waals surface area (Å²) in [5.41, 5.74) is 0.568. The molecule has 1 saturated heterocycles. The van der Waals surface area contributed by atoms with Gasteiger partial charge in [-0.3, -0.25) is 4.79 Å². The predicted octanol–water partition coefficient (Wildman–Crippen LogP) is 1.20. The van der Waals surface area contributed by atoms with Crippen molar-refractivity contribution in [2.45, 2.75) is 25.8 Å². The van der Waals surface area contributed by atoms with E-state index >= 15 is 0 Å². The van der Waals surface area contributed by atoms with E-state index in [4.69, 9.17) is 4.42 Å². The van der Waals surface area contributed by atoms with Crippen molar-refractivity contribution < 1.29 is 9.21 Å². The van der Waals surface area contributed by atoms with Crippen molar-refractivity contribution >= 4 is 22.8 Å². The largest absolute Gasteiger partial charge is 0.430 e. The maximum Gasteiger partial charge on any atom is 0.335 e. The Morgan fingerprint density at radius 2 is 2.04 bits per heavy atom. The lowest BCUT2D eigenvalue weighted by molar-refractivity contribution is 0.0949. The van der Waals surface area contributed by atoms with Gasteiger partial charge in [0.2, 0.25) is 0 Å². The monoisotopic (exact) mass is 368 g/mol. The van der Waals surface area contributed by atoms with E-state index < -0.39 is 5.63 Å². The summed E-state index contributed by atoms with van der Waals surface area (Å²) in [4.78, 5) is 34.1. The van der Waals surface area contributed by atoms with E-state index in [0.717, 1.165) is 36.2 Å². The van der Waals surface area contributed by atoms with Gasteiger partial charge in [-0.2, -0.15) is 5.10 Å². The van der Waals surface area contributed by atoms with Gasteiger partial charge in [0.25, 0.3) is 5.91 Å². The maximum absolute atomic E-state index is 12.1. The minimum atomic E-state index is -0.487. The van der Waals surface area contributed by atoms with Gasteiger partial charge in [0.05, 0.1) is 23.7 Å². The fourth-order valence-corrected chi connectivity index (χ4v) is 3.27. The summed E-state index contributed by atoms with van der Waals surface area (Å²) < 4.78 is 6.46. The number of rotatable bonds is 5. The Labute approximate surface area is 155 Å². The van der Waals surface area contributed by atoms with Crippen molar-refractivity contribution in [2.24, 2.45) is 0 Å². The third kappa shape index (κ3) is 3.67. The van der Waals surface area contributed by atoms with Crippen LogP contribution in [0.1, 0.15) is 29.6 Å². The van der Waals surface area contributed by atoms with Crippen molar-refractivity contribution in [3.8, 4) is 0 Å². The molecule has 0 atom stereocenters. The molecule has 0 aromatic carbocycles. The highest BCUT2D eigenvalue weighted by molar-refractivity contribution is 5.93. The van der Waals surface area contributed by atoms with Crippen molar-refractivity contribution in [1.29, 1.82) is 0 Å². The van der Waals surface area contributed by atoms with Gasteiger partial charge in [-0.05, 0) is 25.3 Å². The molecule has 1 fully saturated rings. The summed E-state index contributed by atoms with van der Waals surface area (Å²) in [6.45, 7) is 2.85. The van der Waals surface area contributed by atoms with Gasteiger partial charge in [-0.25, -0.2) is 19.4 Å². The summed E-state index contributed by atoms with van der Waals surface area (Å²) in [6, 6.07) is 2.65. The van der Waals surface area contributed by atoms with Crippen molar-refractivity contribution in [3.05, 3.63) is 46.9 Å². The number of hydrogen-bond donors (Lipinski definition) is 1. The first-order valence-corrected chi connectivity index (χ1v) is 9.01. The summed E-state index contributed by atoms with van der Waals surface area (Å²) in [6.07, 6.45) is 8.10. The normalized spacial score (nSPS) is 14.4. The minimum absolute atomic E-state index is 0.301. The van der Waals surface area contributed by atoms with Gasteiger partial charge >= 0.3 is 5.63 Å². The molecule has 0 unspecified atom stereocenters. The second kappa shape index (κ2) is 7.56. The molecule has 0 spiro atoms. The second-order valence-electron chi connectivity index (χ2n) is 6.45. The topological polar surface area (TPSA) is 106 Å². The molecule has 9 heteroatoms. The smallest absolute Gasteiger partial charge is 0.335 e. The van der Waals surface area contributed by atoms with Gasteiger partial charge in [0, 0.05) is 25.7 Å². The lowest BCUT2D eigenvalue weighted by Crippen LogP contribution is -2.30. The average Bonchev–Trinajstić information content (AvgIpc) is 3.12. The van der Waals surface area contributed by atoms with E-state index in [1.807, 2.05) is 0 Å². The summed E-state index contributed by atoms with van der Waals surface area (Å²) in [5.74, 6) is 0.619. The number of carbonyl (C=O) groups excluding carboxylic acids is 1. The molecular weight excluding hydrogens is 348 g/mol. The molecule has 0 saturated carbocycles. The first-order valence-electron chi connectivity index (χ1n) is 9.01. The highest BCUT2D eigenvalue weighted by Crippen LogP contribution is 2.25. The van der Waals surface area contributed by atoms with Crippen LogP contribution in [0.25, 0.3) is 11.0 Å². The van der Waals surface area contributed by atoms with E-state index in [0.29, 0.717) is 18.7 Å². The Morgan fingerprint density at radius 1 is 1.19 bits per heavy atom. The quantitative estimate of drug-likeness (QED) is 0.721. The number of aromatic nitrogens is 4. The Bertz CT molecular complexity index is 985. The SMILES string of the molecule is O=C(NCCn1ncc2c(N3CCCCC3)ncnc21)c1ccc(=O)oc1. The molecular formula is C18H20N6O3. The van der Waals surface area contributed by atoms with Crippen LogP contribution in [0.5, 0.6) is 0 Å². The molecule has 9 nitrogen and oxygen atoms in total. The van der Waals surface area contributed by atoms with Gasteiger partial charge in [-0.1, -0.05) is 0 Å². The van der Waals surface area contributed by atoms with Crippen LogP contribution in [0.4, 0.5) is 5.82 Å². The number of carbonyl (C=O) groups is 1. The number of nitrogens with zero attached hydrogens (tertiary/aromatic N) is 5. The number of fused-ring (bicyclic) bond motifs is 1. The Morgan fingerprint density at radius 3 is 2.81 bits per heavy atom. The fourth-order valence-electron chi connectivity index (χ4n) is 3.27. The highest BCUT2D eigenvalue weighted by atomic mass is 16.4. The fraction of sp³-hybridized carbons (Fsp3) is 0.389. The van der Waals surface area contributed by atoms with Gasteiger partial charge in [-0.15, -0.1) is 0 Å². The number of anilines is 1. The molecule has 3 aromatic heterocycles. The Balaban J connectivity index is 1.44. The molecule has 1 N–H and O–H groups in total. The zero-order valence-corrected chi connectivity index (χ0v) is 14.8. The van der Waals surface area contributed by atoms with Crippen molar-refractivity contribution in [3.63, 3.8) is 0 Å². The van der Waals surface area contributed by atoms with Gasteiger partial charge < -0.3 is 14.6 Å². The van der Waals surface area contributed by atoms with Crippen molar-refractivity contribution in [1.82, 2.24) is 25.1 Å². The summed E-state index contributed by atoms with van der Waals surface area (Å²) >= 11 is 0. The standard InChI is InChI=1S/C18H20N6O3/c25-15-5-4-13(11-27-15)18(26)19-6-9-24-17-14(10-22-24)16(20-12-21-17)23-7-2-1-3-8-23/h4-5,10-12H,1-3,6-9H2,(H,19,26). The zero-order valence-electron chi connectivity index (χ0n) is 14.8. The lowest BCUT2D eigenvalue weighted by Gasteiger charge is -2.27. The van der Waals surface area contributed by atoms with Gasteiger partial charge in [0.15, 0.2) is 5.65 Å². The molecule has 4 heterocycles. The van der Waals surface area contributed by atoms with Crippen LogP contribution in [-0.2, 0) is 6.54 Å². The van der Waals surface area contributed by atoms with E-state index in [-0.39, 0.29) is 5.91 Å². The van der Waals surface area contributed by atoms with E-state index in [1.54, 1.807) is 17.2 Å². The number of amides is 1. The number of hydrogen-bond acceptors (Lipinski definition) is 7. The third-order valence-electron chi connectivity index (χ3n) is 4.64. The predicted molar refractivity (Wildman–Crippen MR) is 98.7 cm³/mol. The van der Waals surface area contributed by atoms with E-state index in [9.17, 15) is 9.59 Å². The molecule has 0 bridgehead atoms. The average molecular weight is 368 g/mol.